The lowest BCUT2D eigenvalue weighted by Crippen LogP contribution is -2.46. The van der Waals surface area contributed by atoms with Crippen molar-refractivity contribution in [1.29, 1.82) is 0 Å². The van der Waals surface area contributed by atoms with Crippen molar-refractivity contribution >= 4 is 40.5 Å². The van der Waals surface area contributed by atoms with Gasteiger partial charge < -0.3 is 19.5 Å². The largest absolute Gasteiger partial charge is 0.416 e. The van der Waals surface area contributed by atoms with E-state index in [0.717, 1.165) is 23.8 Å². The molecule has 1 aromatic carbocycles. The Morgan fingerprint density at radius 3 is 2.62 bits per heavy atom. The Balaban J connectivity index is 1.26. The summed E-state index contributed by atoms with van der Waals surface area (Å²) in [6.07, 6.45) is 2.73. The molecule has 1 N–H and O–H groups in total. The van der Waals surface area contributed by atoms with Gasteiger partial charge in [0.1, 0.15) is 6.54 Å². The highest BCUT2D eigenvalue weighted by Gasteiger charge is 2.49. The van der Waals surface area contributed by atoms with E-state index in [4.69, 9.17) is 21.3 Å². The number of ether oxygens (including phenoxy) is 1. The third-order valence-electron chi connectivity index (χ3n) is 9.56. The van der Waals surface area contributed by atoms with Crippen molar-refractivity contribution < 1.29 is 27.5 Å². The molecule has 0 saturated carbocycles. The van der Waals surface area contributed by atoms with Crippen molar-refractivity contribution in [2.45, 2.75) is 56.7 Å². The van der Waals surface area contributed by atoms with Crippen LogP contribution >= 0.6 is 11.6 Å². The van der Waals surface area contributed by atoms with Gasteiger partial charge in [-0.1, -0.05) is 24.6 Å². The molecule has 1 spiro atoms. The number of halogens is 4. The Kier molecular flexibility index (Phi) is 7.94. The van der Waals surface area contributed by atoms with E-state index in [-0.39, 0.29) is 40.4 Å². The quantitative estimate of drug-likeness (QED) is 0.330. The zero-order chi connectivity index (χ0) is 34.0. The number of anilines is 1. The van der Waals surface area contributed by atoms with Crippen LogP contribution in [0.2, 0.25) is 5.02 Å². The van der Waals surface area contributed by atoms with Crippen molar-refractivity contribution in [3.63, 3.8) is 0 Å². The molecule has 0 radical (unpaired) electrons. The maximum absolute atomic E-state index is 14.4. The SMILES string of the molecule is CC1CC2(CCN(C(=O)c3cnn(C)c3)CC2)c2c1n(CC(=O)Nc1ccc(C(F)(F)F)cc1Cl)c1nc(C3=CCOCC3)nn1c2=O. The number of hydrogen-bond acceptors (Lipinski definition) is 7. The van der Waals surface area contributed by atoms with E-state index in [9.17, 15) is 27.6 Å². The molecule has 1 aliphatic carbocycles. The molecular formula is C32H32ClF3N8O4. The highest BCUT2D eigenvalue weighted by molar-refractivity contribution is 6.33. The molecule has 12 nitrogen and oxygen atoms in total. The molecule has 1 unspecified atom stereocenters. The molecule has 2 aliphatic heterocycles. The maximum Gasteiger partial charge on any atom is 0.416 e. The van der Waals surface area contributed by atoms with Crippen molar-refractivity contribution in [3.8, 4) is 0 Å². The molecule has 2 amide bonds. The minimum atomic E-state index is -4.59. The van der Waals surface area contributed by atoms with Crippen molar-refractivity contribution in [1.82, 2.24) is 33.8 Å². The van der Waals surface area contributed by atoms with Gasteiger partial charge in [0.15, 0.2) is 5.82 Å². The fourth-order valence-corrected chi connectivity index (χ4v) is 7.55. The summed E-state index contributed by atoms with van der Waals surface area (Å²) < 4.78 is 49.5. The van der Waals surface area contributed by atoms with E-state index < -0.39 is 23.1 Å². The predicted octanol–water partition coefficient (Wildman–Crippen LogP) is 4.42. The molecule has 4 aromatic rings. The van der Waals surface area contributed by atoms with Crippen LogP contribution in [-0.4, -0.2) is 72.0 Å². The molecule has 1 atom stereocenters. The Labute approximate surface area is 277 Å². The molecule has 0 bridgehead atoms. The number of alkyl halides is 3. The first-order chi connectivity index (χ1) is 22.8. The van der Waals surface area contributed by atoms with Gasteiger partial charge >= 0.3 is 6.18 Å². The standard InChI is InChI=1S/C32H32ClF3N8O4/c1-18-14-31(7-9-42(10-8-31)28(46)20-15-37-41(2)16-20)25-26(18)43(17-24(45)38-23-4-3-21(13-22(23)33)32(34,35)36)30-39-27(40-44(30)29(25)47)19-5-11-48-12-6-19/h3-5,13,15-16,18H,6-12,14,17H2,1-2H3,(H,38,45). The average Bonchev–Trinajstić information content (AvgIpc) is 3.77. The van der Waals surface area contributed by atoms with Crippen LogP contribution in [0.3, 0.4) is 0 Å². The van der Waals surface area contributed by atoms with E-state index >= 15 is 0 Å². The van der Waals surface area contributed by atoms with Gasteiger partial charge in [0, 0.05) is 43.0 Å². The molecular weight excluding hydrogens is 653 g/mol. The van der Waals surface area contributed by atoms with E-state index in [0.29, 0.717) is 74.6 Å². The number of hydrogen-bond donors (Lipinski definition) is 1. The van der Waals surface area contributed by atoms with Crippen molar-refractivity contribution in [3.05, 3.63) is 80.3 Å². The maximum atomic E-state index is 14.4. The topological polar surface area (TPSA) is 129 Å². The summed E-state index contributed by atoms with van der Waals surface area (Å²) in [6.45, 7) is 3.43. The third-order valence-corrected chi connectivity index (χ3v) is 9.87. The zero-order valence-electron chi connectivity index (χ0n) is 26.2. The molecule has 5 heterocycles. The lowest BCUT2D eigenvalue weighted by molar-refractivity contribution is -0.137. The van der Waals surface area contributed by atoms with Gasteiger partial charge in [-0.05, 0) is 55.4 Å². The highest BCUT2D eigenvalue weighted by atomic mass is 35.5. The van der Waals surface area contributed by atoms with E-state index in [1.165, 1.54) is 10.7 Å². The van der Waals surface area contributed by atoms with Crippen LogP contribution < -0.4 is 10.9 Å². The van der Waals surface area contributed by atoms with Crippen molar-refractivity contribution in [2.24, 2.45) is 7.05 Å². The van der Waals surface area contributed by atoms with Gasteiger partial charge in [0.2, 0.25) is 11.7 Å². The van der Waals surface area contributed by atoms with Crippen LogP contribution in [0.4, 0.5) is 18.9 Å². The number of benzene rings is 1. The zero-order valence-corrected chi connectivity index (χ0v) is 26.9. The second-order valence-electron chi connectivity index (χ2n) is 12.7. The predicted molar refractivity (Wildman–Crippen MR) is 169 cm³/mol. The Morgan fingerprint density at radius 2 is 1.98 bits per heavy atom. The van der Waals surface area contributed by atoms with E-state index in [2.05, 4.69) is 15.5 Å². The van der Waals surface area contributed by atoms with Crippen LogP contribution in [0.15, 0.2) is 41.5 Å². The third kappa shape index (κ3) is 5.57. The van der Waals surface area contributed by atoms with Crippen LogP contribution in [-0.2, 0) is 34.7 Å². The first kappa shape index (κ1) is 32.1. The van der Waals surface area contributed by atoms with Crippen molar-refractivity contribution in [2.75, 3.05) is 31.6 Å². The first-order valence-electron chi connectivity index (χ1n) is 15.6. The molecule has 3 aliphatic rings. The van der Waals surface area contributed by atoms with Gasteiger partial charge in [0.05, 0.1) is 41.2 Å². The molecule has 1 saturated heterocycles. The summed E-state index contributed by atoms with van der Waals surface area (Å²) in [5.41, 5.74) is 0.734. The summed E-state index contributed by atoms with van der Waals surface area (Å²) >= 11 is 6.14. The molecule has 3 aromatic heterocycles. The minimum Gasteiger partial charge on any atom is -0.377 e. The molecule has 16 heteroatoms. The number of aryl methyl sites for hydroxylation is 1. The van der Waals surface area contributed by atoms with Crippen LogP contribution in [0.25, 0.3) is 11.4 Å². The molecule has 1 fully saturated rings. The number of rotatable bonds is 5. The summed E-state index contributed by atoms with van der Waals surface area (Å²) in [5, 5.41) is 11.1. The van der Waals surface area contributed by atoms with Gasteiger partial charge in [-0.15, -0.1) is 5.10 Å². The highest BCUT2D eigenvalue weighted by Crippen LogP contribution is 2.50. The van der Waals surface area contributed by atoms with Crippen LogP contribution in [0.1, 0.15) is 71.5 Å². The second kappa shape index (κ2) is 11.9. The fourth-order valence-electron chi connectivity index (χ4n) is 7.32. The summed E-state index contributed by atoms with van der Waals surface area (Å²) in [5.74, 6) is -0.297. The summed E-state index contributed by atoms with van der Waals surface area (Å²) in [6, 6.07) is 2.72. The summed E-state index contributed by atoms with van der Waals surface area (Å²) in [4.78, 5) is 47.6. The molecule has 252 valence electrons. The number of amides is 2. The number of nitrogens with one attached hydrogen (secondary N) is 1. The molecule has 48 heavy (non-hydrogen) atoms. The minimum absolute atomic E-state index is 0.0214. The number of carbonyl (C=O) groups is 2. The number of fused-ring (bicyclic) bond motifs is 3. The number of nitrogens with zero attached hydrogens (tertiary/aromatic N) is 7. The number of piperidine rings is 1. The average molecular weight is 685 g/mol. The molecule has 7 rings (SSSR count). The Hall–Kier alpha value is -4.50. The number of aromatic nitrogens is 6. The Bertz CT molecular complexity index is 2040. The summed E-state index contributed by atoms with van der Waals surface area (Å²) in [7, 11) is 1.75. The second-order valence-corrected chi connectivity index (χ2v) is 13.1. The Morgan fingerprint density at radius 1 is 1.21 bits per heavy atom. The van der Waals surface area contributed by atoms with Crippen LogP contribution in [0, 0.1) is 0 Å². The van der Waals surface area contributed by atoms with Gasteiger partial charge in [-0.3, -0.25) is 19.1 Å². The van der Waals surface area contributed by atoms with Gasteiger partial charge in [0.25, 0.3) is 11.5 Å². The van der Waals surface area contributed by atoms with E-state index in [1.54, 1.807) is 27.4 Å². The monoisotopic (exact) mass is 684 g/mol. The lowest BCUT2D eigenvalue weighted by atomic mass is 9.73. The van der Waals surface area contributed by atoms with E-state index in [1.807, 2.05) is 13.0 Å². The fraction of sp³-hybridized carbons (Fsp3) is 0.438. The number of likely N-dealkylation sites (tertiary alicyclic amines) is 1. The normalized spacial score (nSPS) is 19.1. The lowest BCUT2D eigenvalue weighted by Gasteiger charge is -2.39. The number of carbonyl (C=O) groups excluding carboxylic acids is 2. The first-order valence-corrected chi connectivity index (χ1v) is 16.0. The smallest absolute Gasteiger partial charge is 0.377 e. The van der Waals surface area contributed by atoms with Gasteiger partial charge in [-0.2, -0.15) is 27.8 Å². The van der Waals surface area contributed by atoms with Crippen LogP contribution in [0.5, 0.6) is 0 Å². The van der Waals surface area contributed by atoms with Gasteiger partial charge in [-0.25, -0.2) is 0 Å².